The molecular weight excluding hydrogens is 212 g/mol. The molecule has 92 valence electrons. The van der Waals surface area contributed by atoms with Crippen molar-refractivity contribution in [3.63, 3.8) is 0 Å². The van der Waals surface area contributed by atoms with Gasteiger partial charge in [0, 0.05) is 25.6 Å². The van der Waals surface area contributed by atoms with Gasteiger partial charge in [-0.05, 0) is 25.3 Å². The zero-order valence-electron chi connectivity index (χ0n) is 10.4. The van der Waals surface area contributed by atoms with E-state index in [1.807, 2.05) is 11.0 Å². The first-order valence-corrected chi connectivity index (χ1v) is 6.24. The Hall–Kier alpha value is -1.35. The lowest BCUT2D eigenvalue weighted by atomic mass is 10.1. The summed E-state index contributed by atoms with van der Waals surface area (Å²) in [5, 5.41) is 0. The molecule has 1 saturated heterocycles. The largest absolute Gasteiger partial charge is 0.341 e. The summed E-state index contributed by atoms with van der Waals surface area (Å²) in [7, 11) is 0. The third-order valence-corrected chi connectivity index (χ3v) is 3.29. The van der Waals surface area contributed by atoms with Gasteiger partial charge >= 0.3 is 0 Å². The zero-order valence-corrected chi connectivity index (χ0v) is 10.4. The van der Waals surface area contributed by atoms with Crippen molar-refractivity contribution in [3.8, 4) is 0 Å². The monoisotopic (exact) mass is 232 g/mol. The molecule has 2 N–H and O–H groups in total. The molecule has 0 spiro atoms. The van der Waals surface area contributed by atoms with Crippen LogP contribution < -0.4 is 5.73 Å². The second-order valence-corrected chi connectivity index (χ2v) is 4.88. The van der Waals surface area contributed by atoms with Crippen molar-refractivity contribution in [3.05, 3.63) is 35.4 Å². The maximum Gasteiger partial charge on any atom is 0.222 e. The maximum atomic E-state index is 11.9. The maximum absolute atomic E-state index is 11.9. The summed E-state index contributed by atoms with van der Waals surface area (Å²) in [6, 6.07) is 8.52. The van der Waals surface area contributed by atoms with Crippen LogP contribution in [0.2, 0.25) is 0 Å². The molecule has 1 aliphatic heterocycles. The highest BCUT2D eigenvalue weighted by atomic mass is 16.2. The SMILES string of the molecule is Cc1cccc(CCC(=O)N2CCC(N)C2)c1. The van der Waals surface area contributed by atoms with Gasteiger partial charge in [-0.1, -0.05) is 29.8 Å². The Kier molecular flexibility index (Phi) is 3.79. The number of carbonyl (C=O) groups is 1. The molecule has 1 aromatic rings. The number of rotatable bonds is 3. The lowest BCUT2D eigenvalue weighted by Gasteiger charge is -2.15. The molecule has 0 aliphatic carbocycles. The quantitative estimate of drug-likeness (QED) is 0.858. The lowest BCUT2D eigenvalue weighted by Crippen LogP contribution is -2.31. The molecule has 0 bridgehead atoms. The fraction of sp³-hybridized carbons (Fsp3) is 0.500. The molecule has 3 nitrogen and oxygen atoms in total. The number of carbonyl (C=O) groups excluding carboxylic acids is 1. The van der Waals surface area contributed by atoms with Gasteiger partial charge in [-0.3, -0.25) is 4.79 Å². The summed E-state index contributed by atoms with van der Waals surface area (Å²) in [6.45, 7) is 3.63. The lowest BCUT2D eigenvalue weighted by molar-refractivity contribution is -0.130. The highest BCUT2D eigenvalue weighted by Gasteiger charge is 2.22. The van der Waals surface area contributed by atoms with Crippen LogP contribution in [0.5, 0.6) is 0 Å². The van der Waals surface area contributed by atoms with Gasteiger partial charge < -0.3 is 10.6 Å². The minimum absolute atomic E-state index is 0.179. The highest BCUT2D eigenvalue weighted by Crippen LogP contribution is 2.11. The molecule has 2 rings (SSSR count). The fourth-order valence-corrected chi connectivity index (χ4v) is 2.29. The summed E-state index contributed by atoms with van der Waals surface area (Å²) >= 11 is 0. The molecule has 1 unspecified atom stereocenters. The molecule has 0 aromatic heterocycles. The Labute approximate surface area is 103 Å². The predicted octanol–water partition coefficient (Wildman–Crippen LogP) is 1.49. The average Bonchev–Trinajstić information content (AvgIpc) is 2.73. The van der Waals surface area contributed by atoms with Crippen molar-refractivity contribution in [2.75, 3.05) is 13.1 Å². The highest BCUT2D eigenvalue weighted by molar-refractivity contribution is 5.76. The first-order valence-electron chi connectivity index (χ1n) is 6.24. The van der Waals surface area contributed by atoms with Crippen molar-refractivity contribution in [1.82, 2.24) is 4.90 Å². The minimum Gasteiger partial charge on any atom is -0.341 e. The molecule has 1 aliphatic rings. The number of nitrogens with zero attached hydrogens (tertiary/aromatic N) is 1. The van der Waals surface area contributed by atoms with Crippen molar-refractivity contribution in [1.29, 1.82) is 0 Å². The number of hydrogen-bond donors (Lipinski definition) is 1. The summed E-state index contributed by atoms with van der Waals surface area (Å²) in [5.41, 5.74) is 8.28. The zero-order chi connectivity index (χ0) is 12.3. The van der Waals surface area contributed by atoms with E-state index in [0.717, 1.165) is 25.9 Å². The number of benzene rings is 1. The van der Waals surface area contributed by atoms with Crippen LogP contribution in [0.15, 0.2) is 24.3 Å². The van der Waals surface area contributed by atoms with E-state index in [-0.39, 0.29) is 11.9 Å². The van der Waals surface area contributed by atoms with Crippen molar-refractivity contribution < 1.29 is 4.79 Å². The minimum atomic E-state index is 0.179. The first-order chi connectivity index (χ1) is 8.15. The van der Waals surface area contributed by atoms with Crippen LogP contribution >= 0.6 is 0 Å². The van der Waals surface area contributed by atoms with E-state index in [4.69, 9.17) is 5.73 Å². The third-order valence-electron chi connectivity index (χ3n) is 3.29. The number of amides is 1. The van der Waals surface area contributed by atoms with Crippen LogP contribution in [-0.4, -0.2) is 29.9 Å². The fourth-order valence-electron chi connectivity index (χ4n) is 2.29. The number of hydrogen-bond acceptors (Lipinski definition) is 2. The second kappa shape index (κ2) is 5.32. The molecule has 0 radical (unpaired) electrons. The molecule has 17 heavy (non-hydrogen) atoms. The van der Waals surface area contributed by atoms with Crippen molar-refractivity contribution in [2.45, 2.75) is 32.2 Å². The van der Waals surface area contributed by atoms with E-state index in [0.29, 0.717) is 6.42 Å². The Balaban J connectivity index is 1.84. The van der Waals surface area contributed by atoms with Gasteiger partial charge in [0.2, 0.25) is 5.91 Å². The summed E-state index contributed by atoms with van der Waals surface area (Å²) in [4.78, 5) is 13.8. The van der Waals surface area contributed by atoms with Gasteiger partial charge in [0.25, 0.3) is 0 Å². The summed E-state index contributed by atoms with van der Waals surface area (Å²) in [5.74, 6) is 0.236. The van der Waals surface area contributed by atoms with Crippen LogP contribution in [0.1, 0.15) is 24.0 Å². The van der Waals surface area contributed by atoms with Gasteiger partial charge in [0.15, 0.2) is 0 Å². The molecule has 1 amide bonds. The Morgan fingerprint density at radius 2 is 2.35 bits per heavy atom. The van der Waals surface area contributed by atoms with E-state index >= 15 is 0 Å². The smallest absolute Gasteiger partial charge is 0.222 e. The number of nitrogens with two attached hydrogens (primary N) is 1. The first kappa shape index (κ1) is 12.1. The van der Waals surface area contributed by atoms with Crippen LogP contribution in [-0.2, 0) is 11.2 Å². The predicted molar refractivity (Wildman–Crippen MR) is 68.7 cm³/mol. The van der Waals surface area contributed by atoms with Crippen LogP contribution in [0.25, 0.3) is 0 Å². The summed E-state index contributed by atoms with van der Waals surface area (Å²) < 4.78 is 0. The standard InChI is InChI=1S/C14H20N2O/c1-11-3-2-4-12(9-11)5-6-14(17)16-8-7-13(15)10-16/h2-4,9,13H,5-8,10,15H2,1H3. The van der Waals surface area contributed by atoms with Gasteiger partial charge in [-0.2, -0.15) is 0 Å². The molecule has 1 fully saturated rings. The number of aryl methyl sites for hydroxylation is 2. The van der Waals surface area contributed by atoms with Gasteiger partial charge in [-0.15, -0.1) is 0 Å². The Morgan fingerprint density at radius 1 is 1.53 bits per heavy atom. The van der Waals surface area contributed by atoms with E-state index in [2.05, 4.69) is 25.1 Å². The van der Waals surface area contributed by atoms with Crippen LogP contribution in [0.3, 0.4) is 0 Å². The van der Waals surface area contributed by atoms with E-state index in [1.165, 1.54) is 11.1 Å². The molecule has 3 heteroatoms. The average molecular weight is 232 g/mol. The van der Waals surface area contributed by atoms with Gasteiger partial charge in [-0.25, -0.2) is 0 Å². The third kappa shape index (κ3) is 3.30. The Bertz CT molecular complexity index is 403. The topological polar surface area (TPSA) is 46.3 Å². The summed E-state index contributed by atoms with van der Waals surface area (Å²) in [6.07, 6.45) is 2.36. The molecule has 1 heterocycles. The molecular formula is C14H20N2O. The van der Waals surface area contributed by atoms with Gasteiger partial charge in [0.05, 0.1) is 0 Å². The Morgan fingerprint density at radius 3 is 3.00 bits per heavy atom. The second-order valence-electron chi connectivity index (χ2n) is 4.88. The molecule has 1 atom stereocenters. The van der Waals surface area contributed by atoms with Crippen LogP contribution in [0.4, 0.5) is 0 Å². The normalized spacial score (nSPS) is 19.6. The van der Waals surface area contributed by atoms with E-state index < -0.39 is 0 Å². The number of likely N-dealkylation sites (tertiary alicyclic amines) is 1. The van der Waals surface area contributed by atoms with Gasteiger partial charge in [0.1, 0.15) is 0 Å². The molecule has 0 saturated carbocycles. The van der Waals surface area contributed by atoms with Crippen molar-refractivity contribution >= 4 is 5.91 Å². The van der Waals surface area contributed by atoms with E-state index in [1.54, 1.807) is 0 Å². The van der Waals surface area contributed by atoms with E-state index in [9.17, 15) is 4.79 Å². The van der Waals surface area contributed by atoms with Crippen molar-refractivity contribution in [2.24, 2.45) is 5.73 Å². The van der Waals surface area contributed by atoms with Crippen LogP contribution in [0, 0.1) is 6.92 Å². The molecule has 1 aromatic carbocycles.